The highest BCUT2D eigenvalue weighted by atomic mass is 35.5. The molecule has 0 saturated carbocycles. The minimum absolute atomic E-state index is 0.109. The van der Waals surface area contributed by atoms with Gasteiger partial charge in [-0.25, -0.2) is 8.42 Å². The largest absolute Gasteiger partial charge is 0.399 e. The topological polar surface area (TPSA) is 60.2 Å². The lowest BCUT2D eigenvalue weighted by Crippen LogP contribution is -2.05. The summed E-state index contributed by atoms with van der Waals surface area (Å²) in [5.74, 6) is -0.109. The summed E-state index contributed by atoms with van der Waals surface area (Å²) in [6.07, 6.45) is 0. The van der Waals surface area contributed by atoms with Gasteiger partial charge in [0.15, 0.2) is 9.84 Å². The number of rotatable bonds is 3. The summed E-state index contributed by atoms with van der Waals surface area (Å²) in [6.45, 7) is 0. The molecular weight excluding hydrogens is 270 g/mol. The van der Waals surface area contributed by atoms with Crippen molar-refractivity contribution in [3.8, 4) is 0 Å². The van der Waals surface area contributed by atoms with Crippen LogP contribution in [0, 0.1) is 0 Å². The summed E-state index contributed by atoms with van der Waals surface area (Å²) in [5.41, 5.74) is 6.82. The molecule has 0 unspecified atom stereocenters. The first-order chi connectivity index (χ1) is 8.49. The van der Waals surface area contributed by atoms with Gasteiger partial charge in [0.2, 0.25) is 0 Å². The molecule has 0 fully saturated rings. The Labute approximate surface area is 111 Å². The molecule has 3 nitrogen and oxygen atoms in total. The van der Waals surface area contributed by atoms with Crippen LogP contribution in [0.25, 0.3) is 0 Å². The lowest BCUT2D eigenvalue weighted by atomic mass is 10.2. The van der Waals surface area contributed by atoms with Gasteiger partial charge in [-0.3, -0.25) is 0 Å². The smallest absolute Gasteiger partial charge is 0.183 e. The Balaban J connectivity index is 2.37. The van der Waals surface area contributed by atoms with Crippen molar-refractivity contribution >= 4 is 27.1 Å². The Morgan fingerprint density at radius 3 is 2.44 bits per heavy atom. The molecule has 0 atom stereocenters. The number of hydrogen-bond donors (Lipinski definition) is 1. The molecule has 0 aliphatic heterocycles. The fourth-order valence-electron chi connectivity index (χ4n) is 1.68. The quantitative estimate of drug-likeness (QED) is 0.880. The van der Waals surface area contributed by atoms with Crippen molar-refractivity contribution in [1.82, 2.24) is 0 Å². The van der Waals surface area contributed by atoms with E-state index >= 15 is 0 Å². The van der Waals surface area contributed by atoms with Gasteiger partial charge in [-0.1, -0.05) is 35.9 Å². The summed E-state index contributed by atoms with van der Waals surface area (Å²) in [5, 5.41) is 0.237. The first-order valence-electron chi connectivity index (χ1n) is 5.31. The fourth-order valence-corrected chi connectivity index (χ4v) is 3.59. The third-order valence-corrected chi connectivity index (χ3v) is 4.66. The van der Waals surface area contributed by atoms with Crippen molar-refractivity contribution in [1.29, 1.82) is 0 Å². The van der Waals surface area contributed by atoms with E-state index in [4.69, 9.17) is 17.3 Å². The van der Waals surface area contributed by atoms with E-state index in [1.165, 1.54) is 6.07 Å². The third-order valence-electron chi connectivity index (χ3n) is 2.48. The molecule has 18 heavy (non-hydrogen) atoms. The van der Waals surface area contributed by atoms with Gasteiger partial charge in [0.05, 0.1) is 15.7 Å². The zero-order valence-corrected chi connectivity index (χ0v) is 11.1. The van der Waals surface area contributed by atoms with Crippen molar-refractivity contribution < 1.29 is 8.42 Å². The second-order valence-corrected chi connectivity index (χ2v) is 6.30. The minimum atomic E-state index is -3.45. The highest BCUT2D eigenvalue weighted by Gasteiger charge is 2.18. The second-order valence-electron chi connectivity index (χ2n) is 3.93. The lowest BCUT2D eigenvalue weighted by Gasteiger charge is -2.07. The maximum absolute atomic E-state index is 12.2. The number of anilines is 1. The molecule has 0 bridgehead atoms. The van der Waals surface area contributed by atoms with Crippen LogP contribution in [-0.2, 0) is 15.6 Å². The summed E-state index contributed by atoms with van der Waals surface area (Å²) in [7, 11) is -3.45. The molecule has 0 heterocycles. The molecule has 2 N–H and O–H groups in total. The van der Waals surface area contributed by atoms with E-state index in [9.17, 15) is 8.42 Å². The minimum Gasteiger partial charge on any atom is -0.399 e. The zero-order valence-electron chi connectivity index (χ0n) is 9.51. The number of sulfone groups is 1. The van der Waals surface area contributed by atoms with E-state index in [2.05, 4.69) is 0 Å². The van der Waals surface area contributed by atoms with Gasteiger partial charge < -0.3 is 5.73 Å². The third kappa shape index (κ3) is 2.83. The van der Waals surface area contributed by atoms with Crippen LogP contribution in [-0.4, -0.2) is 8.42 Å². The van der Waals surface area contributed by atoms with E-state index in [0.717, 1.165) is 0 Å². The van der Waals surface area contributed by atoms with Gasteiger partial charge in [0.1, 0.15) is 0 Å². The summed E-state index contributed by atoms with van der Waals surface area (Å²) in [4.78, 5) is 0.147. The van der Waals surface area contributed by atoms with E-state index in [-0.39, 0.29) is 15.7 Å². The van der Waals surface area contributed by atoms with Crippen LogP contribution < -0.4 is 5.73 Å². The maximum Gasteiger partial charge on any atom is 0.183 e. The van der Waals surface area contributed by atoms with Crippen molar-refractivity contribution in [3.63, 3.8) is 0 Å². The van der Waals surface area contributed by atoms with Crippen LogP contribution in [0.15, 0.2) is 53.4 Å². The predicted molar refractivity (Wildman–Crippen MR) is 73.2 cm³/mol. The van der Waals surface area contributed by atoms with Crippen molar-refractivity contribution in [2.24, 2.45) is 0 Å². The molecular formula is C13H12ClNO2S. The molecule has 2 aromatic rings. The first-order valence-corrected chi connectivity index (χ1v) is 7.34. The van der Waals surface area contributed by atoms with Crippen LogP contribution in [0.5, 0.6) is 0 Å². The van der Waals surface area contributed by atoms with Crippen molar-refractivity contribution in [3.05, 3.63) is 59.1 Å². The Hall–Kier alpha value is -1.52. The normalized spacial score (nSPS) is 11.4. The molecule has 0 radical (unpaired) electrons. The van der Waals surface area contributed by atoms with Crippen LogP contribution in [0.3, 0.4) is 0 Å². The van der Waals surface area contributed by atoms with Crippen molar-refractivity contribution in [2.45, 2.75) is 10.6 Å². The molecule has 5 heteroatoms. The molecule has 0 saturated heterocycles. The number of nitrogen functional groups attached to an aromatic ring is 1. The first kappa shape index (κ1) is 12.9. The summed E-state index contributed by atoms with van der Waals surface area (Å²) < 4.78 is 24.4. The van der Waals surface area contributed by atoms with Crippen LogP contribution >= 0.6 is 11.6 Å². The van der Waals surface area contributed by atoms with Gasteiger partial charge >= 0.3 is 0 Å². The Morgan fingerprint density at radius 2 is 1.78 bits per heavy atom. The average Bonchev–Trinajstić information content (AvgIpc) is 2.28. The molecule has 0 aliphatic rings. The molecule has 0 aliphatic carbocycles. The zero-order chi connectivity index (χ0) is 13.2. The monoisotopic (exact) mass is 281 g/mol. The maximum atomic E-state index is 12.2. The average molecular weight is 282 g/mol. The molecule has 0 spiro atoms. The number of benzene rings is 2. The standard InChI is InChI=1S/C13H12ClNO2S/c14-12-6-1-2-7-13(12)18(16,17)9-10-4-3-5-11(15)8-10/h1-8H,9,15H2. The molecule has 0 amide bonds. The van der Waals surface area contributed by atoms with E-state index < -0.39 is 9.84 Å². The predicted octanol–water partition coefficient (Wildman–Crippen LogP) is 2.90. The molecule has 2 aromatic carbocycles. The SMILES string of the molecule is Nc1cccc(CS(=O)(=O)c2ccccc2Cl)c1. The van der Waals surface area contributed by atoms with Crippen LogP contribution in [0.4, 0.5) is 5.69 Å². The van der Waals surface area contributed by atoms with Crippen molar-refractivity contribution in [2.75, 3.05) is 5.73 Å². The summed E-state index contributed by atoms with van der Waals surface area (Å²) in [6, 6.07) is 13.2. The molecule has 2 rings (SSSR count). The van der Waals surface area contributed by atoms with Crippen LogP contribution in [0.2, 0.25) is 5.02 Å². The highest BCUT2D eigenvalue weighted by molar-refractivity contribution is 7.90. The summed E-state index contributed by atoms with van der Waals surface area (Å²) >= 11 is 5.90. The van der Waals surface area contributed by atoms with E-state index in [0.29, 0.717) is 11.3 Å². The van der Waals surface area contributed by atoms with E-state index in [1.54, 1.807) is 42.5 Å². The number of halogens is 1. The van der Waals surface area contributed by atoms with Gasteiger partial charge in [0.25, 0.3) is 0 Å². The molecule has 0 aromatic heterocycles. The Bertz CT molecular complexity index is 668. The van der Waals surface area contributed by atoms with Crippen LogP contribution in [0.1, 0.15) is 5.56 Å². The van der Waals surface area contributed by atoms with Gasteiger partial charge in [-0.05, 0) is 29.8 Å². The number of nitrogens with two attached hydrogens (primary N) is 1. The molecule has 94 valence electrons. The van der Waals surface area contributed by atoms with Gasteiger partial charge in [-0.15, -0.1) is 0 Å². The fraction of sp³-hybridized carbons (Fsp3) is 0.0769. The Morgan fingerprint density at radius 1 is 1.06 bits per heavy atom. The van der Waals surface area contributed by atoms with Gasteiger partial charge in [-0.2, -0.15) is 0 Å². The van der Waals surface area contributed by atoms with E-state index in [1.807, 2.05) is 0 Å². The number of hydrogen-bond acceptors (Lipinski definition) is 3. The highest BCUT2D eigenvalue weighted by Crippen LogP contribution is 2.24. The second kappa shape index (κ2) is 5.00. The lowest BCUT2D eigenvalue weighted by molar-refractivity contribution is 0.595. The van der Waals surface area contributed by atoms with Gasteiger partial charge in [0, 0.05) is 5.69 Å². The Kier molecular flexibility index (Phi) is 3.59.